The largest absolute Gasteiger partial charge is 0.347 e. The standard InChI is InChI=1S/C16H16Cl2N2O3S3/c17-12-2-1-11(13(18)9-12)10-19-16(21)15-14(3-6-25-15)26(22,23)20-4-7-24-8-5-20/h1-3,6,9H,4-5,7-8,10H2,(H,19,21). The van der Waals surface area contributed by atoms with Crippen LogP contribution in [0.25, 0.3) is 0 Å². The number of amides is 1. The number of nitrogens with zero attached hydrogens (tertiary/aromatic N) is 1. The Labute approximate surface area is 170 Å². The number of thiophene rings is 1. The van der Waals surface area contributed by atoms with Gasteiger partial charge in [-0.15, -0.1) is 11.3 Å². The second-order valence-electron chi connectivity index (χ2n) is 5.55. The number of rotatable bonds is 5. The van der Waals surface area contributed by atoms with Crippen LogP contribution in [-0.2, 0) is 16.6 Å². The van der Waals surface area contributed by atoms with Crippen LogP contribution >= 0.6 is 46.3 Å². The molecule has 1 amide bonds. The zero-order valence-corrected chi connectivity index (χ0v) is 17.5. The lowest BCUT2D eigenvalue weighted by atomic mass is 10.2. The van der Waals surface area contributed by atoms with Crippen LogP contribution in [0.4, 0.5) is 0 Å². The smallest absolute Gasteiger partial charge is 0.263 e. The van der Waals surface area contributed by atoms with Gasteiger partial charge in [-0.1, -0.05) is 29.3 Å². The van der Waals surface area contributed by atoms with Crippen molar-refractivity contribution in [3.05, 3.63) is 50.1 Å². The molecule has 0 unspecified atom stereocenters. The van der Waals surface area contributed by atoms with Crippen molar-refractivity contribution < 1.29 is 13.2 Å². The van der Waals surface area contributed by atoms with Crippen molar-refractivity contribution in [2.75, 3.05) is 24.6 Å². The molecule has 140 valence electrons. The highest BCUT2D eigenvalue weighted by atomic mass is 35.5. The number of carbonyl (C=O) groups is 1. The molecule has 0 saturated carbocycles. The van der Waals surface area contributed by atoms with Gasteiger partial charge in [0, 0.05) is 41.2 Å². The summed E-state index contributed by atoms with van der Waals surface area (Å²) in [6.07, 6.45) is 0. The first-order chi connectivity index (χ1) is 12.4. The highest BCUT2D eigenvalue weighted by molar-refractivity contribution is 7.99. The van der Waals surface area contributed by atoms with Gasteiger partial charge in [-0.2, -0.15) is 16.1 Å². The molecule has 1 aliphatic heterocycles. The van der Waals surface area contributed by atoms with Crippen molar-refractivity contribution in [3.8, 4) is 0 Å². The summed E-state index contributed by atoms with van der Waals surface area (Å²) in [6, 6.07) is 6.50. The van der Waals surface area contributed by atoms with Crippen LogP contribution in [-0.4, -0.2) is 43.2 Å². The van der Waals surface area contributed by atoms with Crippen molar-refractivity contribution in [1.82, 2.24) is 9.62 Å². The van der Waals surface area contributed by atoms with Gasteiger partial charge in [0.2, 0.25) is 10.0 Å². The van der Waals surface area contributed by atoms with E-state index in [1.54, 1.807) is 35.3 Å². The number of sulfonamides is 1. The van der Waals surface area contributed by atoms with Gasteiger partial charge in [0.05, 0.1) is 0 Å². The van der Waals surface area contributed by atoms with Crippen molar-refractivity contribution in [2.24, 2.45) is 0 Å². The Bertz CT molecular complexity index is 909. The molecule has 0 bridgehead atoms. The predicted molar refractivity (Wildman–Crippen MR) is 108 cm³/mol. The summed E-state index contributed by atoms with van der Waals surface area (Å²) >= 11 is 14.8. The molecule has 0 aliphatic carbocycles. The van der Waals surface area contributed by atoms with Crippen molar-refractivity contribution in [1.29, 1.82) is 0 Å². The second-order valence-corrected chi connectivity index (χ2v) is 10.4. The van der Waals surface area contributed by atoms with Crippen LogP contribution in [0.2, 0.25) is 10.0 Å². The molecule has 1 N–H and O–H groups in total. The number of thioether (sulfide) groups is 1. The van der Waals surface area contributed by atoms with Crippen molar-refractivity contribution in [2.45, 2.75) is 11.4 Å². The molecule has 10 heteroatoms. The van der Waals surface area contributed by atoms with Gasteiger partial charge in [0.15, 0.2) is 0 Å². The van der Waals surface area contributed by atoms with Crippen LogP contribution in [0, 0.1) is 0 Å². The first-order valence-corrected chi connectivity index (χ1v) is 12.0. The molecule has 5 nitrogen and oxygen atoms in total. The minimum absolute atomic E-state index is 0.0640. The molecule has 1 aliphatic rings. The van der Waals surface area contributed by atoms with E-state index in [1.807, 2.05) is 0 Å². The van der Waals surface area contributed by atoms with Gasteiger partial charge >= 0.3 is 0 Å². The van der Waals surface area contributed by atoms with E-state index in [0.29, 0.717) is 28.7 Å². The molecule has 3 rings (SSSR count). The van der Waals surface area contributed by atoms with Crippen LogP contribution in [0.5, 0.6) is 0 Å². The molecule has 2 aromatic rings. The molecule has 0 atom stereocenters. The van der Waals surface area contributed by atoms with Crippen molar-refractivity contribution in [3.63, 3.8) is 0 Å². The maximum Gasteiger partial charge on any atom is 0.263 e. The molecule has 2 heterocycles. The normalized spacial score (nSPS) is 15.8. The van der Waals surface area contributed by atoms with Gasteiger partial charge in [-0.05, 0) is 29.1 Å². The number of halogens is 2. The van der Waals surface area contributed by atoms with E-state index in [1.165, 1.54) is 10.4 Å². The molecule has 26 heavy (non-hydrogen) atoms. The molecule has 1 aromatic heterocycles. The van der Waals surface area contributed by atoms with E-state index >= 15 is 0 Å². The highest BCUT2D eigenvalue weighted by Crippen LogP contribution is 2.27. The van der Waals surface area contributed by atoms with Crippen LogP contribution in [0.15, 0.2) is 34.5 Å². The third-order valence-corrected chi connectivity index (χ3v) is 8.39. The third-order valence-electron chi connectivity index (χ3n) is 3.88. The molecular weight excluding hydrogens is 435 g/mol. The topological polar surface area (TPSA) is 66.5 Å². The number of hydrogen-bond acceptors (Lipinski definition) is 5. The van der Waals surface area contributed by atoms with Crippen LogP contribution in [0.1, 0.15) is 15.2 Å². The van der Waals surface area contributed by atoms with Gasteiger partial charge in [0.25, 0.3) is 5.91 Å². The number of benzene rings is 1. The average molecular weight is 451 g/mol. The van der Waals surface area contributed by atoms with Gasteiger partial charge in [-0.25, -0.2) is 8.42 Å². The SMILES string of the molecule is O=C(NCc1ccc(Cl)cc1Cl)c1sccc1S(=O)(=O)N1CCSCC1. The minimum atomic E-state index is -3.67. The van der Waals surface area contributed by atoms with Gasteiger partial charge in [-0.3, -0.25) is 4.79 Å². The fourth-order valence-electron chi connectivity index (χ4n) is 2.51. The molecule has 1 aromatic carbocycles. The Morgan fingerprint density at radius 1 is 1.19 bits per heavy atom. The summed E-state index contributed by atoms with van der Waals surface area (Å²) in [5.74, 6) is 1.09. The zero-order chi connectivity index (χ0) is 18.7. The molecule has 0 radical (unpaired) electrons. The fourth-order valence-corrected chi connectivity index (χ4v) is 6.88. The van der Waals surface area contributed by atoms with Crippen LogP contribution < -0.4 is 5.32 Å². The fraction of sp³-hybridized carbons (Fsp3) is 0.312. The second kappa shape index (κ2) is 8.50. The lowest BCUT2D eigenvalue weighted by molar-refractivity contribution is 0.0952. The highest BCUT2D eigenvalue weighted by Gasteiger charge is 2.31. The molecular formula is C16H16Cl2N2O3S3. The Morgan fingerprint density at radius 3 is 2.62 bits per heavy atom. The van der Waals surface area contributed by atoms with Crippen molar-refractivity contribution >= 4 is 62.2 Å². The van der Waals surface area contributed by atoms with Gasteiger partial charge in [0.1, 0.15) is 9.77 Å². The van der Waals surface area contributed by atoms with E-state index in [2.05, 4.69) is 5.32 Å². The Kier molecular flexibility index (Phi) is 6.53. The lowest BCUT2D eigenvalue weighted by Gasteiger charge is -2.25. The van der Waals surface area contributed by atoms with E-state index in [4.69, 9.17) is 23.2 Å². The van der Waals surface area contributed by atoms with Gasteiger partial charge < -0.3 is 5.32 Å². The predicted octanol–water partition coefficient (Wildman–Crippen LogP) is 3.72. The number of nitrogens with one attached hydrogen (secondary N) is 1. The lowest BCUT2D eigenvalue weighted by Crippen LogP contribution is -2.38. The number of hydrogen-bond donors (Lipinski definition) is 1. The van der Waals surface area contributed by atoms with E-state index < -0.39 is 15.9 Å². The first kappa shape index (κ1) is 20.0. The average Bonchev–Trinajstić information content (AvgIpc) is 3.12. The maximum atomic E-state index is 12.8. The molecule has 1 saturated heterocycles. The molecule has 1 fully saturated rings. The maximum absolute atomic E-state index is 12.8. The van der Waals surface area contributed by atoms with E-state index in [0.717, 1.165) is 22.8 Å². The Hall–Kier alpha value is -0.770. The summed E-state index contributed by atoms with van der Waals surface area (Å²) < 4.78 is 27.1. The summed E-state index contributed by atoms with van der Waals surface area (Å²) in [5, 5.41) is 5.31. The summed E-state index contributed by atoms with van der Waals surface area (Å²) in [4.78, 5) is 12.8. The summed E-state index contributed by atoms with van der Waals surface area (Å²) in [5.41, 5.74) is 0.707. The van der Waals surface area contributed by atoms with E-state index in [9.17, 15) is 13.2 Å². The molecule has 0 spiro atoms. The van der Waals surface area contributed by atoms with E-state index in [-0.39, 0.29) is 16.3 Å². The Balaban J connectivity index is 1.76. The quantitative estimate of drug-likeness (QED) is 0.753. The third kappa shape index (κ3) is 4.37. The number of carbonyl (C=O) groups excluding carboxylic acids is 1. The Morgan fingerprint density at radius 2 is 1.92 bits per heavy atom. The summed E-state index contributed by atoms with van der Waals surface area (Å²) in [7, 11) is -3.67. The first-order valence-electron chi connectivity index (χ1n) is 7.77. The zero-order valence-electron chi connectivity index (χ0n) is 13.6. The van der Waals surface area contributed by atoms with Crippen LogP contribution in [0.3, 0.4) is 0 Å². The minimum Gasteiger partial charge on any atom is -0.347 e. The summed E-state index contributed by atoms with van der Waals surface area (Å²) in [6.45, 7) is 1.11. The monoisotopic (exact) mass is 450 g/mol.